The fourth-order valence-corrected chi connectivity index (χ4v) is 1.44. The Morgan fingerprint density at radius 3 is 2.06 bits per heavy atom. The fourth-order valence-electron chi connectivity index (χ4n) is 1.44. The zero-order valence-electron chi connectivity index (χ0n) is 10.7. The zero-order chi connectivity index (χ0) is 13.7. The maximum Gasteiger partial charge on any atom is 0.243 e. The topological polar surface area (TPSA) is 70.8 Å². The Kier molecular flexibility index (Phi) is 4.53. The number of ether oxygens (including phenoxy) is 3. The van der Waals surface area contributed by atoms with Crippen LogP contribution in [0.5, 0.6) is 17.2 Å². The lowest BCUT2D eigenvalue weighted by atomic mass is 10.1. The SMILES string of the molecule is COc1cc(OC)c(OC)cc1C=C(C)[N+](=O)[O-]. The third kappa shape index (κ3) is 2.91. The minimum absolute atomic E-state index is 0.0144. The molecular weight excluding hydrogens is 238 g/mol. The van der Waals surface area contributed by atoms with Gasteiger partial charge < -0.3 is 14.2 Å². The lowest BCUT2D eigenvalue weighted by Gasteiger charge is -2.11. The second-order valence-corrected chi connectivity index (χ2v) is 3.49. The van der Waals surface area contributed by atoms with Crippen molar-refractivity contribution in [3.63, 3.8) is 0 Å². The first-order valence-electron chi connectivity index (χ1n) is 5.16. The molecule has 0 atom stereocenters. The molecule has 1 aromatic rings. The van der Waals surface area contributed by atoms with Gasteiger partial charge in [-0.3, -0.25) is 10.1 Å². The molecule has 6 nitrogen and oxygen atoms in total. The highest BCUT2D eigenvalue weighted by molar-refractivity contribution is 5.64. The number of allylic oxidation sites excluding steroid dienone is 1. The van der Waals surface area contributed by atoms with E-state index in [0.717, 1.165) is 0 Å². The predicted octanol–water partition coefficient (Wildman–Crippen LogP) is 2.35. The van der Waals surface area contributed by atoms with E-state index < -0.39 is 4.92 Å². The van der Waals surface area contributed by atoms with E-state index in [0.29, 0.717) is 22.8 Å². The molecule has 0 aromatic heterocycles. The van der Waals surface area contributed by atoms with Crippen molar-refractivity contribution in [2.75, 3.05) is 21.3 Å². The van der Waals surface area contributed by atoms with Crippen LogP contribution in [0.2, 0.25) is 0 Å². The number of hydrogen-bond donors (Lipinski definition) is 0. The van der Waals surface area contributed by atoms with Crippen molar-refractivity contribution in [2.24, 2.45) is 0 Å². The van der Waals surface area contributed by atoms with Gasteiger partial charge in [-0.15, -0.1) is 0 Å². The van der Waals surface area contributed by atoms with E-state index >= 15 is 0 Å². The standard InChI is InChI=1S/C12H15NO5/c1-8(13(14)15)5-9-6-11(17-3)12(18-4)7-10(9)16-2/h5-7H,1-4H3. The van der Waals surface area contributed by atoms with Crippen LogP contribution < -0.4 is 14.2 Å². The van der Waals surface area contributed by atoms with Crippen molar-refractivity contribution in [1.29, 1.82) is 0 Å². The third-order valence-corrected chi connectivity index (χ3v) is 2.39. The van der Waals surface area contributed by atoms with E-state index in [1.807, 2.05) is 0 Å². The number of hydrogen-bond acceptors (Lipinski definition) is 5. The number of methoxy groups -OCH3 is 3. The van der Waals surface area contributed by atoms with Crippen LogP contribution in [-0.4, -0.2) is 26.3 Å². The Morgan fingerprint density at radius 1 is 1.11 bits per heavy atom. The molecular formula is C12H15NO5. The predicted molar refractivity (Wildman–Crippen MR) is 66.7 cm³/mol. The summed E-state index contributed by atoms with van der Waals surface area (Å²) in [4.78, 5) is 10.2. The number of nitro groups is 1. The number of benzene rings is 1. The van der Waals surface area contributed by atoms with E-state index in [-0.39, 0.29) is 5.70 Å². The van der Waals surface area contributed by atoms with Crippen LogP contribution in [0.1, 0.15) is 12.5 Å². The normalized spacial score (nSPS) is 11.0. The first-order chi connectivity index (χ1) is 8.53. The number of nitrogens with zero attached hydrogens (tertiary/aromatic N) is 1. The van der Waals surface area contributed by atoms with Gasteiger partial charge in [-0.25, -0.2) is 0 Å². The molecule has 0 radical (unpaired) electrons. The average molecular weight is 253 g/mol. The molecule has 0 unspecified atom stereocenters. The third-order valence-electron chi connectivity index (χ3n) is 2.39. The molecule has 0 bridgehead atoms. The molecule has 0 aliphatic carbocycles. The molecule has 0 saturated carbocycles. The van der Waals surface area contributed by atoms with Crippen molar-refractivity contribution >= 4 is 6.08 Å². The average Bonchev–Trinajstić information content (AvgIpc) is 2.37. The summed E-state index contributed by atoms with van der Waals surface area (Å²) in [6.45, 7) is 1.41. The molecule has 0 amide bonds. The smallest absolute Gasteiger partial charge is 0.243 e. The minimum atomic E-state index is -0.462. The molecule has 0 saturated heterocycles. The Bertz CT molecular complexity index is 482. The van der Waals surface area contributed by atoms with Gasteiger partial charge in [0.2, 0.25) is 5.70 Å². The van der Waals surface area contributed by atoms with Crippen LogP contribution in [-0.2, 0) is 0 Å². The van der Waals surface area contributed by atoms with Crippen LogP contribution >= 0.6 is 0 Å². The van der Waals surface area contributed by atoms with E-state index in [9.17, 15) is 10.1 Å². The van der Waals surface area contributed by atoms with Crippen molar-refractivity contribution in [3.8, 4) is 17.2 Å². The van der Waals surface area contributed by atoms with Gasteiger partial charge in [-0.05, 0) is 6.07 Å². The lowest BCUT2D eigenvalue weighted by Crippen LogP contribution is -1.97. The molecule has 1 aromatic carbocycles. The Labute approximate surface area is 105 Å². The Morgan fingerprint density at radius 2 is 1.61 bits per heavy atom. The summed E-state index contributed by atoms with van der Waals surface area (Å²) in [5.41, 5.74) is 0.574. The van der Waals surface area contributed by atoms with Gasteiger partial charge >= 0.3 is 0 Å². The first kappa shape index (κ1) is 13.8. The fraction of sp³-hybridized carbons (Fsp3) is 0.333. The van der Waals surface area contributed by atoms with Gasteiger partial charge in [-0.1, -0.05) is 0 Å². The molecule has 18 heavy (non-hydrogen) atoms. The molecule has 0 fully saturated rings. The van der Waals surface area contributed by atoms with E-state index in [1.54, 1.807) is 12.1 Å². The second-order valence-electron chi connectivity index (χ2n) is 3.49. The largest absolute Gasteiger partial charge is 0.496 e. The summed E-state index contributed by atoms with van der Waals surface area (Å²) >= 11 is 0. The summed E-state index contributed by atoms with van der Waals surface area (Å²) in [6, 6.07) is 3.25. The van der Waals surface area contributed by atoms with E-state index in [4.69, 9.17) is 14.2 Å². The summed E-state index contributed by atoms with van der Waals surface area (Å²) in [5.74, 6) is 1.47. The molecule has 0 spiro atoms. The van der Waals surface area contributed by atoms with E-state index in [1.165, 1.54) is 34.3 Å². The van der Waals surface area contributed by atoms with Gasteiger partial charge in [0, 0.05) is 24.6 Å². The molecule has 0 heterocycles. The molecule has 1 rings (SSSR count). The molecule has 98 valence electrons. The van der Waals surface area contributed by atoms with Crippen molar-refractivity contribution in [1.82, 2.24) is 0 Å². The lowest BCUT2D eigenvalue weighted by molar-refractivity contribution is -0.422. The van der Waals surface area contributed by atoms with Crippen LogP contribution in [0.4, 0.5) is 0 Å². The highest BCUT2D eigenvalue weighted by Gasteiger charge is 2.12. The summed E-state index contributed by atoms with van der Waals surface area (Å²) in [6.07, 6.45) is 1.42. The van der Waals surface area contributed by atoms with Crippen LogP contribution in [0.3, 0.4) is 0 Å². The molecule has 0 aliphatic heterocycles. The Balaban J connectivity index is 3.34. The number of rotatable bonds is 5. The van der Waals surface area contributed by atoms with Gasteiger partial charge in [0.05, 0.1) is 26.3 Å². The zero-order valence-corrected chi connectivity index (χ0v) is 10.7. The second kappa shape index (κ2) is 5.90. The molecule has 0 aliphatic rings. The van der Waals surface area contributed by atoms with Gasteiger partial charge in [0.1, 0.15) is 5.75 Å². The van der Waals surface area contributed by atoms with Gasteiger partial charge in [-0.2, -0.15) is 0 Å². The van der Waals surface area contributed by atoms with Gasteiger partial charge in [0.15, 0.2) is 11.5 Å². The maximum absolute atomic E-state index is 10.6. The summed E-state index contributed by atoms with van der Waals surface area (Å²) in [7, 11) is 4.49. The highest BCUT2D eigenvalue weighted by atomic mass is 16.6. The van der Waals surface area contributed by atoms with Crippen LogP contribution in [0.25, 0.3) is 6.08 Å². The summed E-state index contributed by atoms with van der Waals surface area (Å²) < 4.78 is 15.4. The minimum Gasteiger partial charge on any atom is -0.496 e. The quantitative estimate of drug-likeness (QED) is 0.595. The van der Waals surface area contributed by atoms with Crippen LogP contribution in [0.15, 0.2) is 17.8 Å². The van der Waals surface area contributed by atoms with E-state index in [2.05, 4.69) is 0 Å². The molecule has 0 N–H and O–H groups in total. The summed E-state index contributed by atoms with van der Waals surface area (Å²) in [5, 5.41) is 10.6. The molecule has 6 heteroatoms. The van der Waals surface area contributed by atoms with Crippen molar-refractivity contribution in [3.05, 3.63) is 33.5 Å². The maximum atomic E-state index is 10.6. The first-order valence-corrected chi connectivity index (χ1v) is 5.16. The van der Waals surface area contributed by atoms with Crippen LogP contribution in [0, 0.1) is 10.1 Å². The highest BCUT2D eigenvalue weighted by Crippen LogP contribution is 2.35. The van der Waals surface area contributed by atoms with Crippen molar-refractivity contribution < 1.29 is 19.1 Å². The Hall–Kier alpha value is -2.24. The monoisotopic (exact) mass is 253 g/mol. The van der Waals surface area contributed by atoms with Gasteiger partial charge in [0.25, 0.3) is 0 Å². The van der Waals surface area contributed by atoms with Crippen molar-refractivity contribution in [2.45, 2.75) is 6.92 Å².